The summed E-state index contributed by atoms with van der Waals surface area (Å²) in [6.07, 6.45) is 0. The van der Waals surface area contributed by atoms with Crippen LogP contribution >= 0.6 is 11.8 Å². The summed E-state index contributed by atoms with van der Waals surface area (Å²) in [5.74, 6) is 1.93. The molecule has 9 nitrogen and oxygen atoms in total. The smallest absolute Gasteiger partial charge is 0.278 e. The molecule has 3 aromatic rings. The van der Waals surface area contributed by atoms with E-state index in [1.165, 1.54) is 22.4 Å². The number of nitro groups is 1. The zero-order valence-corrected chi connectivity index (χ0v) is 18.8. The van der Waals surface area contributed by atoms with Gasteiger partial charge < -0.3 is 5.32 Å². The molecule has 1 aromatic heterocycles. The first-order valence-corrected chi connectivity index (χ1v) is 11.5. The highest BCUT2D eigenvalue weighted by Gasteiger charge is 2.20. The van der Waals surface area contributed by atoms with E-state index < -0.39 is 4.92 Å². The molecular weight excluding hydrogens is 428 g/mol. The van der Waals surface area contributed by atoms with Gasteiger partial charge in [-0.1, -0.05) is 23.4 Å². The number of thioether (sulfide) groups is 1. The van der Waals surface area contributed by atoms with Crippen molar-refractivity contribution in [3.8, 4) is 5.69 Å². The van der Waals surface area contributed by atoms with Crippen LogP contribution in [0.15, 0.2) is 42.5 Å². The Morgan fingerprint density at radius 3 is 2.69 bits per heavy atom. The normalized spacial score (nSPS) is 14.3. The summed E-state index contributed by atoms with van der Waals surface area (Å²) >= 11 is 1.98. The van der Waals surface area contributed by atoms with Crippen LogP contribution in [0.2, 0.25) is 0 Å². The maximum Gasteiger partial charge on any atom is 0.278 e. The van der Waals surface area contributed by atoms with Gasteiger partial charge in [-0.15, -0.1) is 5.10 Å². The quantitative estimate of drug-likeness (QED) is 0.450. The Labute approximate surface area is 190 Å². The standard InChI is InChI=1S/C22H24N6O3S/c1-15-17(14-26-9-11-32-12-10-26)5-3-8-20(15)23-22(29)21-16(2)27(25-24-21)18-6-4-7-19(13-18)28(30)31/h3-8,13H,9-12,14H2,1-2H3,(H,23,29). The number of hydrogen-bond acceptors (Lipinski definition) is 7. The van der Waals surface area contributed by atoms with Gasteiger partial charge in [0.25, 0.3) is 11.6 Å². The number of non-ortho nitro benzene ring substituents is 1. The predicted octanol–water partition coefficient (Wildman–Crippen LogP) is 3.59. The fraction of sp³-hybridized carbons (Fsp3) is 0.318. The van der Waals surface area contributed by atoms with Gasteiger partial charge in [0.15, 0.2) is 5.69 Å². The number of nitrogens with one attached hydrogen (secondary N) is 1. The summed E-state index contributed by atoms with van der Waals surface area (Å²) in [6, 6.07) is 12.0. The molecule has 32 heavy (non-hydrogen) atoms. The van der Waals surface area contributed by atoms with Crippen LogP contribution in [0, 0.1) is 24.0 Å². The summed E-state index contributed by atoms with van der Waals surface area (Å²) < 4.78 is 1.43. The molecule has 166 valence electrons. The average Bonchev–Trinajstić information content (AvgIpc) is 3.18. The van der Waals surface area contributed by atoms with Gasteiger partial charge in [0, 0.05) is 49.0 Å². The van der Waals surface area contributed by atoms with Gasteiger partial charge in [-0.2, -0.15) is 11.8 Å². The molecule has 1 fully saturated rings. The molecular formula is C22H24N6O3S. The van der Waals surface area contributed by atoms with Gasteiger partial charge in [0.1, 0.15) is 0 Å². The molecule has 2 heterocycles. The van der Waals surface area contributed by atoms with Crippen molar-refractivity contribution in [3.05, 3.63) is 75.1 Å². The number of nitrogens with zero attached hydrogens (tertiary/aromatic N) is 5. The maximum absolute atomic E-state index is 13.0. The molecule has 0 aliphatic carbocycles. The fourth-order valence-corrected chi connectivity index (χ4v) is 4.67. The van der Waals surface area contributed by atoms with E-state index in [0.717, 1.165) is 42.4 Å². The van der Waals surface area contributed by atoms with Crippen molar-refractivity contribution in [3.63, 3.8) is 0 Å². The Morgan fingerprint density at radius 2 is 1.94 bits per heavy atom. The Bertz CT molecular complexity index is 1160. The minimum Gasteiger partial charge on any atom is -0.320 e. The summed E-state index contributed by atoms with van der Waals surface area (Å²) in [4.78, 5) is 26.0. The molecule has 0 unspecified atom stereocenters. The van der Waals surface area contributed by atoms with E-state index in [0.29, 0.717) is 11.4 Å². The summed E-state index contributed by atoms with van der Waals surface area (Å²) in [5, 5.41) is 22.1. The average molecular weight is 453 g/mol. The van der Waals surface area contributed by atoms with Crippen molar-refractivity contribution in [1.29, 1.82) is 0 Å². The van der Waals surface area contributed by atoms with E-state index in [4.69, 9.17) is 0 Å². The van der Waals surface area contributed by atoms with E-state index in [1.807, 2.05) is 30.8 Å². The molecule has 0 spiro atoms. The van der Waals surface area contributed by atoms with Gasteiger partial charge in [0.2, 0.25) is 0 Å². The number of benzene rings is 2. The maximum atomic E-state index is 13.0. The van der Waals surface area contributed by atoms with Gasteiger partial charge in [0.05, 0.1) is 16.3 Å². The van der Waals surface area contributed by atoms with Crippen LogP contribution in [0.4, 0.5) is 11.4 Å². The lowest BCUT2D eigenvalue weighted by Crippen LogP contribution is -2.32. The number of aromatic nitrogens is 3. The van der Waals surface area contributed by atoms with Crippen LogP contribution in [0.5, 0.6) is 0 Å². The summed E-state index contributed by atoms with van der Waals surface area (Å²) in [7, 11) is 0. The number of hydrogen-bond donors (Lipinski definition) is 1. The second-order valence-corrected chi connectivity index (χ2v) is 8.87. The highest BCUT2D eigenvalue weighted by molar-refractivity contribution is 7.99. The Hall–Kier alpha value is -3.24. The van der Waals surface area contributed by atoms with E-state index >= 15 is 0 Å². The lowest BCUT2D eigenvalue weighted by molar-refractivity contribution is -0.384. The van der Waals surface area contributed by atoms with Crippen molar-refractivity contribution in [2.24, 2.45) is 0 Å². The zero-order valence-electron chi connectivity index (χ0n) is 17.9. The molecule has 0 radical (unpaired) electrons. The van der Waals surface area contributed by atoms with E-state index in [2.05, 4.69) is 26.6 Å². The number of amides is 1. The minimum absolute atomic E-state index is 0.0526. The molecule has 1 amide bonds. The van der Waals surface area contributed by atoms with Gasteiger partial charge >= 0.3 is 0 Å². The summed E-state index contributed by atoms with van der Waals surface area (Å²) in [5.41, 5.74) is 4.05. The zero-order chi connectivity index (χ0) is 22.7. The minimum atomic E-state index is -0.470. The Kier molecular flexibility index (Phi) is 6.52. The predicted molar refractivity (Wildman–Crippen MR) is 124 cm³/mol. The van der Waals surface area contributed by atoms with E-state index in [1.54, 1.807) is 19.1 Å². The van der Waals surface area contributed by atoms with Gasteiger partial charge in [-0.25, -0.2) is 4.68 Å². The lowest BCUT2D eigenvalue weighted by Gasteiger charge is -2.27. The topological polar surface area (TPSA) is 106 Å². The molecule has 1 saturated heterocycles. The Balaban J connectivity index is 1.53. The van der Waals surface area contributed by atoms with Crippen LogP contribution in [0.1, 0.15) is 27.3 Å². The number of carbonyl (C=O) groups excluding carboxylic acids is 1. The first-order valence-electron chi connectivity index (χ1n) is 10.3. The SMILES string of the molecule is Cc1c(CN2CCSCC2)cccc1NC(=O)c1nnn(-c2cccc([N+](=O)[O-])c2)c1C. The van der Waals surface area contributed by atoms with Crippen molar-refractivity contribution in [2.45, 2.75) is 20.4 Å². The first kappa shape index (κ1) is 22.0. The highest BCUT2D eigenvalue weighted by atomic mass is 32.2. The highest BCUT2D eigenvalue weighted by Crippen LogP contribution is 2.23. The van der Waals surface area contributed by atoms with E-state index in [-0.39, 0.29) is 17.3 Å². The van der Waals surface area contributed by atoms with Gasteiger partial charge in [-0.05, 0) is 37.1 Å². The molecule has 4 rings (SSSR count). The third kappa shape index (κ3) is 4.66. The molecule has 1 aliphatic heterocycles. The second kappa shape index (κ2) is 9.49. The molecule has 10 heteroatoms. The lowest BCUT2D eigenvalue weighted by atomic mass is 10.1. The second-order valence-electron chi connectivity index (χ2n) is 7.64. The molecule has 1 aliphatic rings. The Morgan fingerprint density at radius 1 is 1.19 bits per heavy atom. The first-order chi connectivity index (χ1) is 15.4. The van der Waals surface area contributed by atoms with Crippen molar-refractivity contribution >= 4 is 29.0 Å². The van der Waals surface area contributed by atoms with Crippen LogP contribution in [0.3, 0.4) is 0 Å². The van der Waals surface area contributed by atoms with Crippen LogP contribution < -0.4 is 5.32 Å². The number of nitro benzene ring substituents is 1. The largest absolute Gasteiger partial charge is 0.320 e. The van der Waals surface area contributed by atoms with Gasteiger partial charge in [-0.3, -0.25) is 19.8 Å². The molecule has 0 saturated carbocycles. The number of anilines is 1. The van der Waals surface area contributed by atoms with Crippen LogP contribution in [0.25, 0.3) is 5.69 Å². The summed E-state index contributed by atoms with van der Waals surface area (Å²) in [6.45, 7) is 6.72. The fourth-order valence-electron chi connectivity index (χ4n) is 3.69. The molecule has 1 N–H and O–H groups in total. The number of carbonyl (C=O) groups is 1. The van der Waals surface area contributed by atoms with E-state index in [9.17, 15) is 14.9 Å². The third-order valence-electron chi connectivity index (χ3n) is 5.59. The van der Waals surface area contributed by atoms with Crippen LogP contribution in [-0.2, 0) is 6.54 Å². The van der Waals surface area contributed by atoms with Crippen molar-refractivity contribution in [2.75, 3.05) is 29.9 Å². The van der Waals surface area contributed by atoms with Crippen LogP contribution in [-0.4, -0.2) is 55.3 Å². The molecule has 0 atom stereocenters. The molecule has 2 aromatic carbocycles. The van der Waals surface area contributed by atoms with Crippen molar-refractivity contribution < 1.29 is 9.72 Å². The number of rotatable bonds is 6. The van der Waals surface area contributed by atoms with Crippen molar-refractivity contribution in [1.82, 2.24) is 19.9 Å². The monoisotopic (exact) mass is 452 g/mol. The molecule has 0 bridgehead atoms. The third-order valence-corrected chi connectivity index (χ3v) is 6.53.